The van der Waals surface area contributed by atoms with Gasteiger partial charge in [0.15, 0.2) is 5.82 Å². The Kier molecular flexibility index (Phi) is 4.95. The molecule has 1 saturated heterocycles. The Morgan fingerprint density at radius 3 is 2.82 bits per heavy atom. The molecule has 2 aromatic heterocycles. The van der Waals surface area contributed by atoms with Crippen LogP contribution in [0.3, 0.4) is 0 Å². The second kappa shape index (κ2) is 7.41. The first-order valence-corrected chi connectivity index (χ1v) is 10.1. The molecule has 0 spiro atoms. The Labute approximate surface area is 165 Å². The van der Waals surface area contributed by atoms with E-state index in [2.05, 4.69) is 34.3 Å². The number of carbonyl (C=O) groups is 1. The summed E-state index contributed by atoms with van der Waals surface area (Å²) in [5.74, 6) is 2.75. The molecule has 0 bridgehead atoms. The minimum absolute atomic E-state index is 0.116. The summed E-state index contributed by atoms with van der Waals surface area (Å²) in [6.45, 7) is 5.07. The van der Waals surface area contributed by atoms with Crippen molar-refractivity contribution in [1.82, 2.24) is 25.1 Å². The van der Waals surface area contributed by atoms with Crippen molar-refractivity contribution in [2.45, 2.75) is 57.9 Å². The third kappa shape index (κ3) is 3.43. The largest absolute Gasteiger partial charge is 0.347 e. The van der Waals surface area contributed by atoms with Crippen LogP contribution in [-0.2, 0) is 17.6 Å². The van der Waals surface area contributed by atoms with Gasteiger partial charge in [-0.25, -0.2) is 4.98 Å². The zero-order valence-electron chi connectivity index (χ0n) is 17.1. The molecule has 2 aliphatic rings. The summed E-state index contributed by atoms with van der Waals surface area (Å²) in [5, 5.41) is 10.9. The van der Waals surface area contributed by atoms with Crippen LogP contribution in [-0.4, -0.2) is 57.7 Å². The molecule has 4 rings (SSSR count). The van der Waals surface area contributed by atoms with Gasteiger partial charge in [0.05, 0.1) is 5.69 Å². The molecule has 3 heterocycles. The average Bonchev–Trinajstić information content (AvgIpc) is 3.40. The number of nitrogens with one attached hydrogen (secondary N) is 2. The highest BCUT2D eigenvalue weighted by atomic mass is 16.2. The highest BCUT2D eigenvalue weighted by molar-refractivity contribution is 5.85. The normalized spacial score (nSPS) is 18.6. The maximum atomic E-state index is 12.6. The van der Waals surface area contributed by atoms with E-state index in [1.165, 1.54) is 5.56 Å². The maximum Gasteiger partial charge on any atom is 0.244 e. The first-order valence-electron chi connectivity index (χ1n) is 10.1. The summed E-state index contributed by atoms with van der Waals surface area (Å²) >= 11 is 0. The lowest BCUT2D eigenvalue weighted by molar-refractivity contribution is -0.129. The molecule has 1 amide bonds. The molecule has 2 N–H and O–H groups in total. The second-order valence-corrected chi connectivity index (χ2v) is 8.22. The van der Waals surface area contributed by atoms with E-state index in [9.17, 15) is 4.79 Å². The average molecular weight is 384 g/mol. The van der Waals surface area contributed by atoms with Crippen molar-refractivity contribution in [1.29, 1.82) is 0 Å². The fraction of sp³-hybridized carbons (Fsp3) is 0.600. The van der Waals surface area contributed by atoms with E-state index in [0.29, 0.717) is 11.9 Å². The molecule has 8 heteroatoms. The van der Waals surface area contributed by atoms with Crippen molar-refractivity contribution in [2.75, 3.05) is 30.9 Å². The Bertz CT molecular complexity index is 873. The third-order valence-corrected chi connectivity index (χ3v) is 5.62. The monoisotopic (exact) mass is 383 g/mol. The van der Waals surface area contributed by atoms with Crippen LogP contribution in [0.15, 0.2) is 6.07 Å². The van der Waals surface area contributed by atoms with E-state index < -0.39 is 0 Å². The number of aryl methyl sites for hydroxylation is 1. The van der Waals surface area contributed by atoms with Crippen LogP contribution in [0.2, 0.25) is 0 Å². The Hall–Kier alpha value is -2.64. The topological polar surface area (TPSA) is 90.0 Å². The summed E-state index contributed by atoms with van der Waals surface area (Å²) in [6.07, 6.45) is 4.83. The van der Waals surface area contributed by atoms with E-state index in [1.54, 1.807) is 19.0 Å². The van der Waals surface area contributed by atoms with Gasteiger partial charge in [-0.3, -0.25) is 9.89 Å². The molecule has 2 aromatic rings. The number of amides is 1. The van der Waals surface area contributed by atoms with Crippen molar-refractivity contribution in [3.8, 4) is 0 Å². The van der Waals surface area contributed by atoms with Crippen molar-refractivity contribution >= 4 is 23.5 Å². The zero-order valence-corrected chi connectivity index (χ0v) is 17.1. The predicted octanol–water partition coefficient (Wildman–Crippen LogP) is 2.61. The van der Waals surface area contributed by atoms with E-state index in [0.717, 1.165) is 61.7 Å². The fourth-order valence-electron chi connectivity index (χ4n) is 4.03. The molecule has 0 saturated carbocycles. The van der Waals surface area contributed by atoms with Gasteiger partial charge in [-0.1, -0.05) is 13.8 Å². The molecular formula is C20H29N7O. The molecule has 1 fully saturated rings. The van der Waals surface area contributed by atoms with Gasteiger partial charge in [-0.2, -0.15) is 10.1 Å². The smallest absolute Gasteiger partial charge is 0.244 e. The number of hydrogen-bond acceptors (Lipinski definition) is 6. The van der Waals surface area contributed by atoms with Crippen LogP contribution in [0.5, 0.6) is 0 Å². The van der Waals surface area contributed by atoms with Crippen LogP contribution >= 0.6 is 0 Å². The molecule has 1 unspecified atom stereocenters. The van der Waals surface area contributed by atoms with E-state index >= 15 is 0 Å². The SMILES string of the molecule is CC(C)c1cc(Nc2nc(N3CCCC3C(=O)N(C)C)nc3c2CCC3)n[nH]1. The maximum absolute atomic E-state index is 12.6. The first kappa shape index (κ1) is 18.7. The highest BCUT2D eigenvalue weighted by Crippen LogP contribution is 2.32. The Morgan fingerprint density at radius 2 is 2.11 bits per heavy atom. The third-order valence-electron chi connectivity index (χ3n) is 5.62. The van der Waals surface area contributed by atoms with Gasteiger partial charge in [0.1, 0.15) is 11.9 Å². The first-order chi connectivity index (χ1) is 13.4. The van der Waals surface area contributed by atoms with Gasteiger partial charge in [-0.05, 0) is 38.0 Å². The summed E-state index contributed by atoms with van der Waals surface area (Å²) < 4.78 is 0. The molecule has 1 aliphatic heterocycles. The number of aromatic amines is 1. The summed E-state index contributed by atoms with van der Waals surface area (Å²) in [4.78, 5) is 26.0. The molecule has 28 heavy (non-hydrogen) atoms. The Balaban J connectivity index is 1.66. The molecule has 150 valence electrons. The lowest BCUT2D eigenvalue weighted by Gasteiger charge is -2.27. The number of fused-ring (bicyclic) bond motifs is 1. The van der Waals surface area contributed by atoms with E-state index in [4.69, 9.17) is 9.97 Å². The number of carbonyl (C=O) groups excluding carboxylic acids is 1. The van der Waals surface area contributed by atoms with Crippen LogP contribution in [0.25, 0.3) is 0 Å². The highest BCUT2D eigenvalue weighted by Gasteiger charge is 2.34. The summed E-state index contributed by atoms with van der Waals surface area (Å²) in [7, 11) is 3.61. The number of aromatic nitrogens is 4. The van der Waals surface area contributed by atoms with Gasteiger partial charge in [-0.15, -0.1) is 0 Å². The number of H-pyrrole nitrogens is 1. The van der Waals surface area contributed by atoms with Crippen molar-refractivity contribution in [3.63, 3.8) is 0 Å². The molecule has 0 aromatic carbocycles. The summed E-state index contributed by atoms with van der Waals surface area (Å²) in [6, 6.07) is 1.85. The molecule has 1 atom stereocenters. The van der Waals surface area contributed by atoms with Gasteiger partial charge in [0.2, 0.25) is 11.9 Å². The van der Waals surface area contributed by atoms with Crippen molar-refractivity contribution in [3.05, 3.63) is 23.0 Å². The van der Waals surface area contributed by atoms with Crippen LogP contribution in [0, 0.1) is 0 Å². The van der Waals surface area contributed by atoms with Crippen LogP contribution < -0.4 is 10.2 Å². The quantitative estimate of drug-likeness (QED) is 0.825. The number of rotatable bonds is 5. The molecule has 8 nitrogen and oxygen atoms in total. The number of hydrogen-bond donors (Lipinski definition) is 2. The lowest BCUT2D eigenvalue weighted by Crippen LogP contribution is -2.43. The Morgan fingerprint density at radius 1 is 1.29 bits per heavy atom. The van der Waals surface area contributed by atoms with Crippen LogP contribution in [0.1, 0.15) is 56.0 Å². The van der Waals surface area contributed by atoms with E-state index in [1.807, 2.05) is 6.07 Å². The standard InChI is InChI=1S/C20H29N7O/c1-12(2)15-11-17(25-24-15)22-18-13-7-5-8-14(13)21-20(23-18)27-10-6-9-16(27)19(28)26(3)4/h11-12,16H,5-10H2,1-4H3,(H2,21,22,23,24,25). The number of nitrogens with zero attached hydrogens (tertiary/aromatic N) is 5. The fourth-order valence-corrected chi connectivity index (χ4v) is 4.03. The predicted molar refractivity (Wildman–Crippen MR) is 109 cm³/mol. The minimum atomic E-state index is -0.180. The van der Waals surface area contributed by atoms with Gasteiger partial charge in [0.25, 0.3) is 0 Å². The summed E-state index contributed by atoms with van der Waals surface area (Å²) in [5.41, 5.74) is 3.35. The zero-order chi connectivity index (χ0) is 19.8. The molecule has 1 aliphatic carbocycles. The number of likely N-dealkylation sites (N-methyl/N-ethyl adjacent to an activating group) is 1. The second-order valence-electron chi connectivity index (χ2n) is 8.22. The van der Waals surface area contributed by atoms with Gasteiger partial charge in [0, 0.05) is 38.0 Å². The van der Waals surface area contributed by atoms with Crippen molar-refractivity contribution in [2.24, 2.45) is 0 Å². The van der Waals surface area contributed by atoms with Crippen LogP contribution in [0.4, 0.5) is 17.6 Å². The lowest BCUT2D eigenvalue weighted by atomic mass is 10.1. The minimum Gasteiger partial charge on any atom is -0.347 e. The van der Waals surface area contributed by atoms with Gasteiger partial charge < -0.3 is 15.1 Å². The number of anilines is 3. The van der Waals surface area contributed by atoms with Gasteiger partial charge >= 0.3 is 0 Å². The molecule has 0 radical (unpaired) electrons. The molecular weight excluding hydrogens is 354 g/mol. The van der Waals surface area contributed by atoms with E-state index in [-0.39, 0.29) is 11.9 Å². The van der Waals surface area contributed by atoms with Crippen molar-refractivity contribution < 1.29 is 4.79 Å².